The lowest BCUT2D eigenvalue weighted by atomic mass is 9.78. The van der Waals surface area contributed by atoms with Crippen molar-refractivity contribution in [3.63, 3.8) is 0 Å². The van der Waals surface area contributed by atoms with Gasteiger partial charge < -0.3 is 4.55 Å². The highest BCUT2D eigenvalue weighted by atomic mass is 32.3. The molecule has 2 nitrogen and oxygen atoms in total. The fourth-order valence-electron chi connectivity index (χ4n) is 1.96. The summed E-state index contributed by atoms with van der Waals surface area (Å²) >= 11 is 0. The predicted octanol–water partition coefficient (Wildman–Crippen LogP) is 4.73. The summed E-state index contributed by atoms with van der Waals surface area (Å²) in [6.07, 6.45) is 3.81. The zero-order valence-corrected chi connectivity index (χ0v) is 14.4. The Kier molecular flexibility index (Phi) is 5.12. The molecule has 0 aliphatic heterocycles. The molecule has 2 atom stereocenters. The van der Waals surface area contributed by atoms with E-state index in [2.05, 4.69) is 58.1 Å². The van der Waals surface area contributed by atoms with E-state index < -0.39 is 10.5 Å². The smallest absolute Gasteiger partial charge is 0.0445 e. The molecule has 0 saturated carbocycles. The summed E-state index contributed by atoms with van der Waals surface area (Å²) < 4.78 is 14.1. The SMILES string of the molecule is C=C[C@H](NS(C)(O)C(C)(C)C)C(C)(C)c1ccccc1. The van der Waals surface area contributed by atoms with Crippen LogP contribution in [0.1, 0.15) is 40.2 Å². The van der Waals surface area contributed by atoms with E-state index >= 15 is 0 Å². The first kappa shape index (κ1) is 17.3. The van der Waals surface area contributed by atoms with Crippen LogP contribution in [0.3, 0.4) is 0 Å². The Labute approximate surface area is 126 Å². The fourth-order valence-corrected chi connectivity index (χ4v) is 3.20. The molecule has 0 saturated heterocycles. The molecular weight excluding hydrogens is 266 g/mol. The molecule has 0 amide bonds. The van der Waals surface area contributed by atoms with Gasteiger partial charge in [-0.15, -0.1) is 6.58 Å². The van der Waals surface area contributed by atoms with Crippen molar-refractivity contribution in [1.29, 1.82) is 0 Å². The minimum absolute atomic E-state index is 0.00845. The lowest BCUT2D eigenvalue weighted by molar-refractivity contribution is 0.429. The van der Waals surface area contributed by atoms with Crippen molar-refractivity contribution in [3.8, 4) is 0 Å². The molecule has 114 valence electrons. The number of benzene rings is 1. The first-order chi connectivity index (χ1) is 9.02. The largest absolute Gasteiger partial charge is 0.338 e. The van der Waals surface area contributed by atoms with Crippen LogP contribution in [0.15, 0.2) is 43.0 Å². The maximum Gasteiger partial charge on any atom is 0.0445 e. The molecule has 0 bridgehead atoms. The highest BCUT2D eigenvalue weighted by Gasteiger charge is 2.37. The van der Waals surface area contributed by atoms with Gasteiger partial charge in [0.15, 0.2) is 0 Å². The molecule has 3 heteroatoms. The average molecular weight is 295 g/mol. The predicted molar refractivity (Wildman–Crippen MR) is 92.5 cm³/mol. The molecule has 0 aliphatic rings. The van der Waals surface area contributed by atoms with E-state index in [0.29, 0.717) is 0 Å². The molecule has 1 aromatic carbocycles. The summed E-state index contributed by atoms with van der Waals surface area (Å²) in [5.41, 5.74) is 1.10. The quantitative estimate of drug-likeness (QED) is 0.770. The Morgan fingerprint density at radius 1 is 1.15 bits per heavy atom. The van der Waals surface area contributed by atoms with E-state index in [9.17, 15) is 4.55 Å². The third-order valence-electron chi connectivity index (χ3n) is 4.08. The first-order valence-corrected chi connectivity index (χ1v) is 8.98. The van der Waals surface area contributed by atoms with Gasteiger partial charge in [-0.25, -0.2) is 0 Å². The van der Waals surface area contributed by atoms with Crippen LogP contribution in [0.25, 0.3) is 0 Å². The molecule has 1 aromatic rings. The van der Waals surface area contributed by atoms with Crippen LogP contribution >= 0.6 is 10.5 Å². The van der Waals surface area contributed by atoms with Crippen LogP contribution in [0, 0.1) is 0 Å². The van der Waals surface area contributed by atoms with Crippen LogP contribution in [0.5, 0.6) is 0 Å². The summed E-state index contributed by atoms with van der Waals surface area (Å²) in [7, 11) is -1.92. The van der Waals surface area contributed by atoms with Crippen LogP contribution < -0.4 is 4.72 Å². The summed E-state index contributed by atoms with van der Waals surface area (Å²) in [6, 6.07) is 10.4. The zero-order valence-electron chi connectivity index (χ0n) is 13.6. The zero-order chi connectivity index (χ0) is 15.6. The fraction of sp³-hybridized carbons (Fsp3) is 0.529. The molecule has 2 N–H and O–H groups in total. The van der Waals surface area contributed by atoms with Crippen molar-refractivity contribution >= 4 is 10.5 Å². The van der Waals surface area contributed by atoms with Crippen molar-refractivity contribution in [2.45, 2.75) is 50.8 Å². The second-order valence-corrected chi connectivity index (χ2v) is 10.1. The van der Waals surface area contributed by atoms with Crippen molar-refractivity contribution in [2.24, 2.45) is 0 Å². The minimum Gasteiger partial charge on any atom is -0.338 e. The number of hydrogen-bond acceptors (Lipinski definition) is 2. The van der Waals surface area contributed by atoms with E-state index in [1.807, 2.05) is 30.5 Å². The molecule has 0 spiro atoms. The van der Waals surface area contributed by atoms with Gasteiger partial charge in [0.05, 0.1) is 0 Å². The van der Waals surface area contributed by atoms with Gasteiger partial charge in [-0.05, 0) is 26.3 Å². The third kappa shape index (κ3) is 3.66. The maximum atomic E-state index is 10.8. The molecule has 0 aromatic heterocycles. The number of hydrogen-bond donors (Lipinski definition) is 2. The second-order valence-electron chi connectivity index (χ2n) is 6.91. The average Bonchev–Trinajstić information content (AvgIpc) is 2.35. The Hall–Kier alpha value is -0.770. The van der Waals surface area contributed by atoms with Crippen molar-refractivity contribution in [3.05, 3.63) is 48.6 Å². The molecular formula is C17H29NOS. The standard InChI is InChI=1S/C17H29NOS/c1-8-15(18-20(7,19)16(2,3)4)17(5,6)14-12-10-9-11-13-14/h8-13,15,18-19H,1H2,2-7H3/t15-/m0/s1. The Balaban J connectivity index is 3.05. The van der Waals surface area contributed by atoms with E-state index in [4.69, 9.17) is 0 Å². The third-order valence-corrected chi connectivity index (χ3v) is 7.18. The number of rotatable bonds is 5. The second kappa shape index (κ2) is 5.92. The van der Waals surface area contributed by atoms with Crippen LogP contribution in [0.2, 0.25) is 0 Å². The van der Waals surface area contributed by atoms with Gasteiger partial charge in [0.25, 0.3) is 0 Å². The van der Waals surface area contributed by atoms with Crippen LogP contribution in [-0.2, 0) is 5.41 Å². The van der Waals surface area contributed by atoms with Gasteiger partial charge in [-0.3, -0.25) is 4.72 Å². The van der Waals surface area contributed by atoms with Gasteiger partial charge in [-0.1, -0.05) is 60.8 Å². The van der Waals surface area contributed by atoms with Crippen molar-refractivity contribution in [1.82, 2.24) is 4.72 Å². The number of nitrogens with one attached hydrogen (secondary N) is 1. The maximum absolute atomic E-state index is 10.8. The van der Waals surface area contributed by atoms with Crippen molar-refractivity contribution < 1.29 is 4.55 Å². The van der Waals surface area contributed by atoms with Gasteiger partial charge in [0, 0.05) is 22.5 Å². The van der Waals surface area contributed by atoms with E-state index in [0.717, 1.165) is 0 Å². The first-order valence-electron chi connectivity index (χ1n) is 6.98. The highest BCUT2D eigenvalue weighted by molar-refractivity contribution is 8.28. The summed E-state index contributed by atoms with van der Waals surface area (Å²) in [5.74, 6) is 0. The Morgan fingerprint density at radius 2 is 1.65 bits per heavy atom. The lowest BCUT2D eigenvalue weighted by Crippen LogP contribution is -2.48. The highest BCUT2D eigenvalue weighted by Crippen LogP contribution is 2.50. The minimum atomic E-state index is -1.92. The Morgan fingerprint density at radius 3 is 2.05 bits per heavy atom. The molecule has 0 heterocycles. The molecule has 1 rings (SSSR count). The molecule has 0 fully saturated rings. The summed E-state index contributed by atoms with van der Waals surface area (Å²) in [6.45, 7) is 14.5. The van der Waals surface area contributed by atoms with E-state index in [1.165, 1.54) is 5.56 Å². The normalized spacial score (nSPS) is 18.9. The van der Waals surface area contributed by atoms with Gasteiger partial charge in [0.1, 0.15) is 0 Å². The summed E-state index contributed by atoms with van der Waals surface area (Å²) in [4.78, 5) is 0. The van der Waals surface area contributed by atoms with Crippen LogP contribution in [0.4, 0.5) is 0 Å². The molecule has 0 aliphatic carbocycles. The Bertz CT molecular complexity index is 446. The van der Waals surface area contributed by atoms with Gasteiger partial charge >= 0.3 is 0 Å². The topological polar surface area (TPSA) is 32.3 Å². The van der Waals surface area contributed by atoms with Crippen molar-refractivity contribution in [2.75, 3.05) is 6.26 Å². The monoisotopic (exact) mass is 295 g/mol. The van der Waals surface area contributed by atoms with Gasteiger partial charge in [-0.2, -0.15) is 0 Å². The molecule has 0 radical (unpaired) electrons. The van der Waals surface area contributed by atoms with E-state index in [1.54, 1.807) is 0 Å². The van der Waals surface area contributed by atoms with Crippen LogP contribution in [-0.4, -0.2) is 21.6 Å². The van der Waals surface area contributed by atoms with E-state index in [-0.39, 0.29) is 16.2 Å². The van der Waals surface area contributed by atoms with Gasteiger partial charge in [0.2, 0.25) is 0 Å². The summed E-state index contributed by atoms with van der Waals surface area (Å²) in [5, 5.41) is 0. The molecule has 20 heavy (non-hydrogen) atoms. The molecule has 1 unspecified atom stereocenters. The lowest BCUT2D eigenvalue weighted by Gasteiger charge is -2.48.